The van der Waals surface area contributed by atoms with E-state index in [1.165, 1.54) is 50.5 Å². The lowest BCUT2D eigenvalue weighted by Gasteiger charge is -2.19. The van der Waals surface area contributed by atoms with Crippen molar-refractivity contribution in [3.63, 3.8) is 0 Å². The van der Waals surface area contributed by atoms with Gasteiger partial charge in [-0.3, -0.25) is 14.3 Å². The summed E-state index contributed by atoms with van der Waals surface area (Å²) in [6, 6.07) is 18.4. The van der Waals surface area contributed by atoms with Gasteiger partial charge >= 0.3 is 0 Å². The van der Waals surface area contributed by atoms with Crippen molar-refractivity contribution in [3.8, 4) is 5.69 Å². The molecule has 1 fully saturated rings. The Labute approximate surface area is 190 Å². The third-order valence-electron chi connectivity index (χ3n) is 7.33. The summed E-state index contributed by atoms with van der Waals surface area (Å²) in [7, 11) is 0. The van der Waals surface area contributed by atoms with Crippen molar-refractivity contribution in [2.24, 2.45) is 5.92 Å². The van der Waals surface area contributed by atoms with Crippen molar-refractivity contribution >= 4 is 21.8 Å². The lowest BCUT2D eigenvalue weighted by Crippen LogP contribution is -2.18. The van der Waals surface area contributed by atoms with E-state index in [4.69, 9.17) is 4.98 Å². The van der Waals surface area contributed by atoms with Crippen LogP contribution in [0, 0.1) is 12.8 Å². The first kappa shape index (κ1) is 20.9. The van der Waals surface area contributed by atoms with E-state index < -0.39 is 0 Å². The van der Waals surface area contributed by atoms with E-state index in [1.54, 1.807) is 6.07 Å². The number of pyridine rings is 2. The third kappa shape index (κ3) is 3.97. The van der Waals surface area contributed by atoms with Crippen molar-refractivity contribution < 1.29 is 0 Å². The predicted octanol–water partition coefficient (Wildman–Crippen LogP) is 7.31. The van der Waals surface area contributed by atoms with Gasteiger partial charge in [0.2, 0.25) is 0 Å². The van der Waals surface area contributed by atoms with Crippen LogP contribution in [0.15, 0.2) is 65.6 Å². The highest BCUT2D eigenvalue weighted by molar-refractivity contribution is 6.04. The Morgan fingerprint density at radius 2 is 1.75 bits per heavy atom. The van der Waals surface area contributed by atoms with Crippen LogP contribution in [0.1, 0.15) is 68.9 Å². The molecular weight excluding hydrogens is 392 g/mol. The number of aromatic nitrogens is 2. The molecular formula is C29H32N2O. The van der Waals surface area contributed by atoms with E-state index in [9.17, 15) is 4.79 Å². The van der Waals surface area contributed by atoms with Gasteiger partial charge in [-0.15, -0.1) is 0 Å². The molecule has 32 heavy (non-hydrogen) atoms. The first-order valence-electron chi connectivity index (χ1n) is 12.1. The van der Waals surface area contributed by atoms with Crippen LogP contribution in [0.5, 0.6) is 0 Å². The highest BCUT2D eigenvalue weighted by Crippen LogP contribution is 2.35. The molecule has 0 spiro atoms. The van der Waals surface area contributed by atoms with Gasteiger partial charge < -0.3 is 0 Å². The van der Waals surface area contributed by atoms with Gasteiger partial charge in [0.25, 0.3) is 5.56 Å². The summed E-state index contributed by atoms with van der Waals surface area (Å²) in [6.45, 7) is 4.47. The Bertz CT molecular complexity index is 1320. The molecule has 1 aliphatic rings. The molecule has 2 unspecified atom stereocenters. The lowest BCUT2D eigenvalue weighted by molar-refractivity contribution is 0.449. The topological polar surface area (TPSA) is 34.9 Å². The Hall–Kier alpha value is -2.94. The Morgan fingerprint density at radius 1 is 0.906 bits per heavy atom. The maximum Gasteiger partial charge on any atom is 0.255 e. The smallest absolute Gasteiger partial charge is 0.255 e. The molecule has 5 rings (SSSR count). The molecule has 0 bridgehead atoms. The SMILES string of the molecule is Cc1ccccc1-n1c(=O)ccc2cnc3ccc(C4CCCCCC(C)CC4)cc3c21. The monoisotopic (exact) mass is 424 g/mol. The zero-order valence-electron chi connectivity index (χ0n) is 19.2. The molecule has 164 valence electrons. The number of fused-ring (bicyclic) bond motifs is 3. The molecule has 2 atom stereocenters. The second kappa shape index (κ2) is 8.90. The summed E-state index contributed by atoms with van der Waals surface area (Å²) in [5, 5.41) is 2.08. The van der Waals surface area contributed by atoms with Gasteiger partial charge in [-0.05, 0) is 67.0 Å². The second-order valence-corrected chi connectivity index (χ2v) is 9.65. The summed E-state index contributed by atoms with van der Waals surface area (Å²) in [5.74, 6) is 1.39. The van der Waals surface area contributed by atoms with Crippen molar-refractivity contribution in [2.45, 2.75) is 64.7 Å². The normalized spacial score (nSPS) is 20.1. The minimum absolute atomic E-state index is 0.000898. The predicted molar refractivity (Wildman–Crippen MR) is 134 cm³/mol. The zero-order chi connectivity index (χ0) is 22.1. The summed E-state index contributed by atoms with van der Waals surface area (Å²) in [4.78, 5) is 17.8. The van der Waals surface area contributed by atoms with Crippen molar-refractivity contribution in [2.75, 3.05) is 0 Å². The fourth-order valence-corrected chi connectivity index (χ4v) is 5.40. The Morgan fingerprint density at radius 3 is 2.62 bits per heavy atom. The first-order chi connectivity index (χ1) is 15.6. The fourth-order valence-electron chi connectivity index (χ4n) is 5.40. The summed E-state index contributed by atoms with van der Waals surface area (Å²) >= 11 is 0. The van der Waals surface area contributed by atoms with Crippen LogP contribution >= 0.6 is 0 Å². The average molecular weight is 425 g/mol. The van der Waals surface area contributed by atoms with Gasteiger partial charge in [-0.25, -0.2) is 0 Å². The van der Waals surface area contributed by atoms with Crippen LogP contribution in [0.2, 0.25) is 0 Å². The van der Waals surface area contributed by atoms with Gasteiger partial charge in [0, 0.05) is 23.0 Å². The molecule has 4 aromatic rings. The van der Waals surface area contributed by atoms with Gasteiger partial charge in [-0.2, -0.15) is 0 Å². The first-order valence-corrected chi connectivity index (χ1v) is 12.1. The van der Waals surface area contributed by atoms with E-state index in [-0.39, 0.29) is 5.56 Å². The number of nitrogens with zero attached hydrogens (tertiary/aromatic N) is 2. The van der Waals surface area contributed by atoms with Crippen LogP contribution in [0.25, 0.3) is 27.5 Å². The molecule has 0 radical (unpaired) electrons. The molecule has 0 saturated heterocycles. The Kier molecular flexibility index (Phi) is 5.82. The molecule has 0 amide bonds. The minimum Gasteiger partial charge on any atom is -0.276 e. The average Bonchev–Trinajstić information content (AvgIpc) is 2.91. The second-order valence-electron chi connectivity index (χ2n) is 9.65. The number of rotatable bonds is 2. The third-order valence-corrected chi connectivity index (χ3v) is 7.33. The molecule has 1 aliphatic carbocycles. The van der Waals surface area contributed by atoms with Crippen LogP contribution in [-0.4, -0.2) is 9.55 Å². The fraction of sp³-hybridized carbons (Fsp3) is 0.379. The van der Waals surface area contributed by atoms with E-state index in [2.05, 4.69) is 38.1 Å². The quantitative estimate of drug-likeness (QED) is 0.316. The summed E-state index contributed by atoms with van der Waals surface area (Å²) in [5.41, 5.74) is 5.35. The maximum absolute atomic E-state index is 13.1. The Balaban J connectivity index is 1.71. The van der Waals surface area contributed by atoms with Crippen LogP contribution in [-0.2, 0) is 0 Å². The van der Waals surface area contributed by atoms with E-state index >= 15 is 0 Å². The molecule has 3 heteroatoms. The number of hydrogen-bond acceptors (Lipinski definition) is 2. The molecule has 2 aromatic heterocycles. The highest BCUT2D eigenvalue weighted by atomic mass is 16.1. The summed E-state index contributed by atoms with van der Waals surface area (Å²) in [6.07, 6.45) is 11.1. The van der Waals surface area contributed by atoms with E-state index in [1.807, 2.05) is 35.0 Å². The van der Waals surface area contributed by atoms with Crippen LogP contribution in [0.4, 0.5) is 0 Å². The van der Waals surface area contributed by atoms with Crippen molar-refractivity contribution in [1.29, 1.82) is 0 Å². The molecule has 1 saturated carbocycles. The van der Waals surface area contributed by atoms with Gasteiger partial charge in [0.05, 0.1) is 16.7 Å². The highest BCUT2D eigenvalue weighted by Gasteiger charge is 2.18. The van der Waals surface area contributed by atoms with E-state index in [0.29, 0.717) is 5.92 Å². The number of aryl methyl sites for hydroxylation is 1. The molecule has 2 aromatic carbocycles. The maximum atomic E-state index is 13.1. The molecule has 0 N–H and O–H groups in total. The van der Waals surface area contributed by atoms with Crippen LogP contribution in [0.3, 0.4) is 0 Å². The number of para-hydroxylation sites is 1. The van der Waals surface area contributed by atoms with Gasteiger partial charge in [-0.1, -0.05) is 63.3 Å². The molecule has 2 heterocycles. The van der Waals surface area contributed by atoms with Crippen LogP contribution < -0.4 is 5.56 Å². The van der Waals surface area contributed by atoms with Crippen molar-refractivity contribution in [1.82, 2.24) is 9.55 Å². The number of benzene rings is 2. The van der Waals surface area contributed by atoms with E-state index in [0.717, 1.165) is 39.0 Å². The lowest BCUT2D eigenvalue weighted by atomic mass is 9.87. The van der Waals surface area contributed by atoms with Gasteiger partial charge in [0.15, 0.2) is 0 Å². The number of hydrogen-bond donors (Lipinski definition) is 0. The molecule has 0 aliphatic heterocycles. The standard InChI is InChI=1S/C29H32N2O/c1-20-8-4-3-5-10-22(13-12-20)23-14-16-26-25(18-23)29-24(19-30-26)15-17-28(32)31(29)27-11-7-6-9-21(27)2/h6-7,9,11,14-20,22H,3-5,8,10,12-13H2,1-2H3. The summed E-state index contributed by atoms with van der Waals surface area (Å²) < 4.78 is 1.88. The zero-order valence-corrected chi connectivity index (χ0v) is 19.2. The van der Waals surface area contributed by atoms with Crippen molar-refractivity contribution in [3.05, 3.63) is 82.3 Å². The molecule has 3 nitrogen and oxygen atoms in total. The minimum atomic E-state index is 0.000898. The largest absolute Gasteiger partial charge is 0.276 e. The van der Waals surface area contributed by atoms with Gasteiger partial charge in [0.1, 0.15) is 0 Å².